The number of fused-ring (bicyclic) bond motifs is 1. The molecule has 0 saturated heterocycles. The summed E-state index contributed by atoms with van der Waals surface area (Å²) >= 11 is 1.36. The maximum atomic E-state index is 12.8. The second-order valence-corrected chi connectivity index (χ2v) is 7.08. The zero-order chi connectivity index (χ0) is 19.9. The molecule has 0 spiro atoms. The molecule has 0 atom stereocenters. The predicted molar refractivity (Wildman–Crippen MR) is 101 cm³/mol. The molecule has 0 aliphatic rings. The molecule has 144 valence electrons. The second kappa shape index (κ2) is 6.86. The summed E-state index contributed by atoms with van der Waals surface area (Å²) in [6.07, 6.45) is 0.686. The Labute approximate surface area is 162 Å². The van der Waals surface area contributed by atoms with Crippen LogP contribution in [0.3, 0.4) is 0 Å². The van der Waals surface area contributed by atoms with Gasteiger partial charge in [-0.3, -0.25) is 4.68 Å². The molecule has 0 fully saturated rings. The Morgan fingerprint density at radius 2 is 1.93 bits per heavy atom. The third-order valence-electron chi connectivity index (χ3n) is 4.19. The number of nitrogens with one attached hydrogen (secondary N) is 1. The molecule has 10 heteroatoms. The highest BCUT2D eigenvalue weighted by molar-refractivity contribution is 8.00. The zero-order valence-corrected chi connectivity index (χ0v) is 15.7. The Morgan fingerprint density at radius 1 is 1.11 bits per heavy atom. The Bertz CT molecular complexity index is 1150. The normalized spacial score (nSPS) is 11.9. The minimum atomic E-state index is -4.43. The molecule has 4 aromatic rings. The lowest BCUT2D eigenvalue weighted by Crippen LogP contribution is -2.04. The van der Waals surface area contributed by atoms with Crippen molar-refractivity contribution in [2.45, 2.75) is 18.0 Å². The van der Waals surface area contributed by atoms with Gasteiger partial charge < -0.3 is 4.72 Å². The summed E-state index contributed by atoms with van der Waals surface area (Å²) in [7, 11) is 1.87. The van der Waals surface area contributed by atoms with Crippen molar-refractivity contribution in [3.05, 3.63) is 60.2 Å². The van der Waals surface area contributed by atoms with Gasteiger partial charge in [-0.25, -0.2) is 9.67 Å². The first kappa shape index (κ1) is 18.4. The highest BCUT2D eigenvalue weighted by atomic mass is 32.2. The highest BCUT2D eigenvalue weighted by Crippen LogP contribution is 2.30. The fourth-order valence-corrected chi connectivity index (χ4v) is 3.59. The van der Waals surface area contributed by atoms with Gasteiger partial charge in [0, 0.05) is 29.7 Å². The van der Waals surface area contributed by atoms with Crippen molar-refractivity contribution >= 4 is 28.5 Å². The smallest absolute Gasteiger partial charge is 0.324 e. The van der Waals surface area contributed by atoms with Gasteiger partial charge in [0.25, 0.3) is 0 Å². The van der Waals surface area contributed by atoms with Gasteiger partial charge in [0.2, 0.25) is 0 Å². The number of hydrogen-bond donors (Lipinski definition) is 1. The first-order valence-electron chi connectivity index (χ1n) is 8.25. The van der Waals surface area contributed by atoms with E-state index in [4.69, 9.17) is 0 Å². The van der Waals surface area contributed by atoms with Crippen LogP contribution in [0.4, 0.5) is 18.9 Å². The summed E-state index contributed by atoms with van der Waals surface area (Å²) in [4.78, 5) is 5.10. The summed E-state index contributed by atoms with van der Waals surface area (Å²) in [5.74, 6) is 0.355. The Kier molecular flexibility index (Phi) is 4.50. The average molecular weight is 404 g/mol. The van der Waals surface area contributed by atoms with Gasteiger partial charge in [-0.05, 0) is 36.6 Å². The molecular weight excluding hydrogens is 389 g/mol. The topological polar surface area (TPSA) is 60.6 Å². The standard InChI is InChI=1S/C18H15F3N6S/c1-11-6-14(9-22-17(11)27-10-13(8-24-27)18(19,20)21)28-25-15-5-3-4-12-7-23-26(2)16(12)15/h3-10,25H,1-2H3. The lowest BCUT2D eigenvalue weighted by molar-refractivity contribution is -0.137. The van der Waals surface area contributed by atoms with Gasteiger partial charge in [0.15, 0.2) is 5.82 Å². The third-order valence-corrected chi connectivity index (χ3v) is 4.97. The van der Waals surface area contributed by atoms with Crippen LogP contribution >= 0.6 is 11.9 Å². The van der Waals surface area contributed by atoms with E-state index < -0.39 is 11.7 Å². The van der Waals surface area contributed by atoms with Crippen LogP contribution < -0.4 is 4.72 Å². The van der Waals surface area contributed by atoms with Gasteiger partial charge in [0.1, 0.15) is 0 Å². The molecular formula is C18H15F3N6S. The number of anilines is 1. The van der Waals surface area contributed by atoms with Crippen molar-refractivity contribution in [2.75, 3.05) is 4.72 Å². The number of alkyl halides is 3. The monoisotopic (exact) mass is 404 g/mol. The first-order chi connectivity index (χ1) is 13.3. The van der Waals surface area contributed by atoms with Crippen molar-refractivity contribution in [1.82, 2.24) is 24.5 Å². The van der Waals surface area contributed by atoms with Crippen LogP contribution in [0.25, 0.3) is 16.7 Å². The molecule has 0 aliphatic carbocycles. The van der Waals surface area contributed by atoms with Gasteiger partial charge in [0.05, 0.1) is 29.2 Å². The minimum Gasteiger partial charge on any atom is -0.324 e. The molecule has 1 aromatic carbocycles. The predicted octanol–water partition coefficient (Wildman–Crippen LogP) is 4.60. The van der Waals surface area contributed by atoms with Crippen LogP contribution in [0, 0.1) is 6.92 Å². The summed E-state index contributed by atoms with van der Waals surface area (Å²) < 4.78 is 44.5. The van der Waals surface area contributed by atoms with Gasteiger partial charge in [-0.15, -0.1) is 0 Å². The minimum absolute atomic E-state index is 0.355. The van der Waals surface area contributed by atoms with Crippen LogP contribution in [0.2, 0.25) is 0 Å². The highest BCUT2D eigenvalue weighted by Gasteiger charge is 2.32. The second-order valence-electron chi connectivity index (χ2n) is 6.20. The summed E-state index contributed by atoms with van der Waals surface area (Å²) in [5.41, 5.74) is 1.79. The van der Waals surface area contributed by atoms with Crippen LogP contribution in [-0.4, -0.2) is 24.5 Å². The zero-order valence-electron chi connectivity index (χ0n) is 14.9. The molecule has 0 radical (unpaired) electrons. The van der Waals surface area contributed by atoms with E-state index in [0.29, 0.717) is 11.4 Å². The molecule has 0 amide bonds. The van der Waals surface area contributed by atoms with E-state index >= 15 is 0 Å². The Hall–Kier alpha value is -3.01. The van der Waals surface area contributed by atoms with E-state index in [1.54, 1.807) is 24.0 Å². The van der Waals surface area contributed by atoms with Crippen molar-refractivity contribution in [3.8, 4) is 5.82 Å². The van der Waals surface area contributed by atoms with Crippen LogP contribution in [0.1, 0.15) is 11.1 Å². The maximum Gasteiger partial charge on any atom is 0.419 e. The SMILES string of the molecule is Cc1cc(SNc2cccc3cnn(C)c23)cnc1-n1cc(C(F)(F)F)cn1. The van der Waals surface area contributed by atoms with E-state index in [1.807, 2.05) is 31.3 Å². The first-order valence-corrected chi connectivity index (χ1v) is 9.07. The molecule has 0 aliphatic heterocycles. The van der Waals surface area contributed by atoms with Crippen LogP contribution in [-0.2, 0) is 13.2 Å². The molecule has 3 heterocycles. The van der Waals surface area contributed by atoms with E-state index in [-0.39, 0.29) is 0 Å². The summed E-state index contributed by atoms with van der Waals surface area (Å²) in [5, 5.41) is 9.06. The number of aryl methyl sites for hydroxylation is 2. The molecule has 0 unspecified atom stereocenters. The molecule has 3 aromatic heterocycles. The number of pyridine rings is 1. The molecule has 28 heavy (non-hydrogen) atoms. The molecule has 4 rings (SSSR count). The lowest BCUT2D eigenvalue weighted by atomic mass is 10.2. The quantitative estimate of drug-likeness (QED) is 0.504. The summed E-state index contributed by atoms with van der Waals surface area (Å²) in [6, 6.07) is 7.72. The number of rotatable bonds is 4. The van der Waals surface area contributed by atoms with E-state index in [2.05, 4.69) is 19.9 Å². The lowest BCUT2D eigenvalue weighted by Gasteiger charge is -2.10. The third kappa shape index (κ3) is 3.42. The number of aromatic nitrogens is 5. The molecule has 0 saturated carbocycles. The maximum absolute atomic E-state index is 12.8. The Balaban J connectivity index is 1.55. The van der Waals surface area contributed by atoms with Gasteiger partial charge >= 0.3 is 6.18 Å². The average Bonchev–Trinajstić information content (AvgIpc) is 3.28. The number of hydrogen-bond acceptors (Lipinski definition) is 5. The van der Waals surface area contributed by atoms with Crippen LogP contribution in [0.15, 0.2) is 53.9 Å². The van der Waals surface area contributed by atoms with E-state index in [9.17, 15) is 13.2 Å². The van der Waals surface area contributed by atoms with E-state index in [1.165, 1.54) is 11.9 Å². The van der Waals surface area contributed by atoms with Crippen molar-refractivity contribution in [1.29, 1.82) is 0 Å². The van der Waals surface area contributed by atoms with E-state index in [0.717, 1.165) is 38.6 Å². The largest absolute Gasteiger partial charge is 0.419 e. The number of nitrogens with zero attached hydrogens (tertiary/aromatic N) is 5. The van der Waals surface area contributed by atoms with Crippen molar-refractivity contribution in [3.63, 3.8) is 0 Å². The van der Waals surface area contributed by atoms with Crippen LogP contribution in [0.5, 0.6) is 0 Å². The molecule has 6 nitrogen and oxygen atoms in total. The Morgan fingerprint density at radius 3 is 2.64 bits per heavy atom. The molecule has 0 bridgehead atoms. The van der Waals surface area contributed by atoms with Crippen molar-refractivity contribution in [2.24, 2.45) is 7.05 Å². The van der Waals surface area contributed by atoms with Gasteiger partial charge in [-0.2, -0.15) is 23.4 Å². The number of para-hydroxylation sites is 1. The van der Waals surface area contributed by atoms with Crippen molar-refractivity contribution < 1.29 is 13.2 Å². The molecule has 1 N–H and O–H groups in total. The van der Waals surface area contributed by atoms with Gasteiger partial charge in [-0.1, -0.05) is 12.1 Å². The summed E-state index contributed by atoms with van der Waals surface area (Å²) in [6.45, 7) is 1.78. The number of benzene rings is 1. The fraction of sp³-hybridized carbons (Fsp3) is 0.167. The number of halogens is 3. The fourth-order valence-electron chi connectivity index (χ4n) is 2.85.